The Labute approximate surface area is 60.4 Å². The standard InChI is InChI=1S/C8H10N2/c1-2-7-3-8(4-9)6-10-5-7/h2-3,5-6H,1,4,9H2. The van der Waals surface area contributed by atoms with Crippen LogP contribution in [0, 0.1) is 0 Å². The molecule has 0 aliphatic carbocycles. The lowest BCUT2D eigenvalue weighted by molar-refractivity contribution is 1.05. The summed E-state index contributed by atoms with van der Waals surface area (Å²) in [6.45, 7) is 4.16. The second-order valence-corrected chi connectivity index (χ2v) is 2.03. The number of hydrogen-bond donors (Lipinski definition) is 1. The number of aromatic nitrogens is 1. The first-order valence-corrected chi connectivity index (χ1v) is 3.13. The van der Waals surface area contributed by atoms with Gasteiger partial charge in [0.15, 0.2) is 0 Å². The van der Waals surface area contributed by atoms with Crippen LogP contribution >= 0.6 is 0 Å². The van der Waals surface area contributed by atoms with Crippen LogP contribution < -0.4 is 5.73 Å². The van der Waals surface area contributed by atoms with E-state index in [9.17, 15) is 0 Å². The molecule has 2 nitrogen and oxygen atoms in total. The zero-order valence-corrected chi connectivity index (χ0v) is 5.75. The summed E-state index contributed by atoms with van der Waals surface area (Å²) in [7, 11) is 0. The fraction of sp³-hybridized carbons (Fsp3) is 0.125. The van der Waals surface area contributed by atoms with Crippen LogP contribution in [-0.2, 0) is 6.54 Å². The van der Waals surface area contributed by atoms with Crippen molar-refractivity contribution in [2.45, 2.75) is 6.54 Å². The summed E-state index contributed by atoms with van der Waals surface area (Å²) in [5.74, 6) is 0. The van der Waals surface area contributed by atoms with Crippen LogP contribution in [0.1, 0.15) is 11.1 Å². The third kappa shape index (κ3) is 1.42. The molecule has 0 aliphatic rings. The van der Waals surface area contributed by atoms with Crippen molar-refractivity contribution >= 4 is 6.08 Å². The molecule has 52 valence electrons. The van der Waals surface area contributed by atoms with Crippen molar-refractivity contribution in [3.63, 3.8) is 0 Å². The van der Waals surface area contributed by atoms with Crippen molar-refractivity contribution in [1.29, 1.82) is 0 Å². The maximum Gasteiger partial charge on any atom is 0.0340 e. The van der Waals surface area contributed by atoms with Gasteiger partial charge in [0, 0.05) is 18.9 Å². The maximum atomic E-state index is 5.40. The highest BCUT2D eigenvalue weighted by molar-refractivity contribution is 5.45. The van der Waals surface area contributed by atoms with Gasteiger partial charge in [-0.05, 0) is 17.2 Å². The molecule has 0 spiro atoms. The first-order valence-electron chi connectivity index (χ1n) is 3.13. The molecule has 0 bridgehead atoms. The molecule has 0 saturated heterocycles. The number of nitrogens with zero attached hydrogens (tertiary/aromatic N) is 1. The van der Waals surface area contributed by atoms with Crippen LogP contribution in [0.2, 0.25) is 0 Å². The molecule has 0 amide bonds. The largest absolute Gasteiger partial charge is 0.326 e. The Balaban J connectivity index is 2.98. The van der Waals surface area contributed by atoms with Crippen molar-refractivity contribution in [2.24, 2.45) is 5.73 Å². The molecule has 0 aliphatic heterocycles. The van der Waals surface area contributed by atoms with Crippen LogP contribution in [0.5, 0.6) is 0 Å². The van der Waals surface area contributed by atoms with Gasteiger partial charge < -0.3 is 5.73 Å². The minimum Gasteiger partial charge on any atom is -0.326 e. The molecule has 0 fully saturated rings. The first kappa shape index (κ1) is 6.96. The van der Waals surface area contributed by atoms with Gasteiger partial charge in [-0.25, -0.2) is 0 Å². The predicted molar refractivity (Wildman–Crippen MR) is 42.2 cm³/mol. The van der Waals surface area contributed by atoms with Crippen molar-refractivity contribution in [3.05, 3.63) is 36.2 Å². The fourth-order valence-corrected chi connectivity index (χ4v) is 0.731. The molecule has 2 heteroatoms. The maximum absolute atomic E-state index is 5.40. The summed E-state index contributed by atoms with van der Waals surface area (Å²) < 4.78 is 0. The Kier molecular flexibility index (Phi) is 2.18. The fourth-order valence-electron chi connectivity index (χ4n) is 0.731. The lowest BCUT2D eigenvalue weighted by Crippen LogP contribution is -1.96. The van der Waals surface area contributed by atoms with Crippen LogP contribution in [0.3, 0.4) is 0 Å². The quantitative estimate of drug-likeness (QED) is 0.659. The molecule has 0 aromatic carbocycles. The van der Waals surface area contributed by atoms with Crippen molar-refractivity contribution in [1.82, 2.24) is 4.98 Å². The Bertz CT molecular complexity index is 230. The van der Waals surface area contributed by atoms with Gasteiger partial charge >= 0.3 is 0 Å². The van der Waals surface area contributed by atoms with E-state index >= 15 is 0 Å². The van der Waals surface area contributed by atoms with Crippen molar-refractivity contribution in [3.8, 4) is 0 Å². The van der Waals surface area contributed by atoms with E-state index in [0.29, 0.717) is 6.54 Å². The number of rotatable bonds is 2. The minimum absolute atomic E-state index is 0.536. The molecule has 0 saturated carbocycles. The van der Waals surface area contributed by atoms with Gasteiger partial charge in [-0.3, -0.25) is 4.98 Å². The number of hydrogen-bond acceptors (Lipinski definition) is 2. The van der Waals surface area contributed by atoms with Crippen LogP contribution in [0.25, 0.3) is 6.08 Å². The van der Waals surface area contributed by atoms with Gasteiger partial charge in [0.2, 0.25) is 0 Å². The summed E-state index contributed by atoms with van der Waals surface area (Å²) in [5.41, 5.74) is 7.45. The molecule has 0 atom stereocenters. The molecule has 0 unspecified atom stereocenters. The van der Waals surface area contributed by atoms with E-state index in [0.717, 1.165) is 11.1 Å². The molecule has 1 aromatic rings. The Hall–Kier alpha value is -1.15. The third-order valence-corrected chi connectivity index (χ3v) is 1.29. The summed E-state index contributed by atoms with van der Waals surface area (Å²) in [4.78, 5) is 3.98. The number of pyridine rings is 1. The van der Waals surface area contributed by atoms with E-state index in [1.54, 1.807) is 18.5 Å². The van der Waals surface area contributed by atoms with Gasteiger partial charge in [-0.2, -0.15) is 0 Å². The van der Waals surface area contributed by atoms with Gasteiger partial charge in [-0.1, -0.05) is 12.7 Å². The molecular weight excluding hydrogens is 124 g/mol. The van der Waals surface area contributed by atoms with E-state index < -0.39 is 0 Å². The Morgan fingerprint density at radius 2 is 2.40 bits per heavy atom. The normalized spacial score (nSPS) is 9.30. The van der Waals surface area contributed by atoms with E-state index in [-0.39, 0.29) is 0 Å². The van der Waals surface area contributed by atoms with Gasteiger partial charge in [0.25, 0.3) is 0 Å². The van der Waals surface area contributed by atoms with E-state index in [2.05, 4.69) is 11.6 Å². The second-order valence-electron chi connectivity index (χ2n) is 2.03. The molecule has 1 aromatic heterocycles. The highest BCUT2D eigenvalue weighted by Gasteiger charge is 1.89. The van der Waals surface area contributed by atoms with Crippen molar-refractivity contribution < 1.29 is 0 Å². The molecule has 2 N–H and O–H groups in total. The van der Waals surface area contributed by atoms with Crippen LogP contribution in [-0.4, -0.2) is 4.98 Å². The molecule has 1 rings (SSSR count). The van der Waals surface area contributed by atoms with Gasteiger partial charge in [0.05, 0.1) is 0 Å². The topological polar surface area (TPSA) is 38.9 Å². The smallest absolute Gasteiger partial charge is 0.0340 e. The summed E-state index contributed by atoms with van der Waals surface area (Å²) >= 11 is 0. The van der Waals surface area contributed by atoms with E-state index in [1.807, 2.05) is 6.07 Å². The summed E-state index contributed by atoms with van der Waals surface area (Å²) in [6, 6.07) is 1.97. The number of nitrogens with two attached hydrogens (primary N) is 1. The predicted octanol–water partition coefficient (Wildman–Crippen LogP) is 1.18. The SMILES string of the molecule is C=Cc1cncc(CN)c1. The highest BCUT2D eigenvalue weighted by Crippen LogP contribution is 2.01. The zero-order valence-electron chi connectivity index (χ0n) is 5.75. The third-order valence-electron chi connectivity index (χ3n) is 1.29. The van der Waals surface area contributed by atoms with Crippen LogP contribution in [0.15, 0.2) is 25.0 Å². The lowest BCUT2D eigenvalue weighted by atomic mass is 10.2. The lowest BCUT2D eigenvalue weighted by Gasteiger charge is -1.95. The van der Waals surface area contributed by atoms with Crippen LogP contribution in [0.4, 0.5) is 0 Å². The van der Waals surface area contributed by atoms with E-state index in [1.165, 1.54) is 0 Å². The highest BCUT2D eigenvalue weighted by atomic mass is 14.6. The van der Waals surface area contributed by atoms with Crippen molar-refractivity contribution in [2.75, 3.05) is 0 Å². The molecular formula is C8H10N2. The van der Waals surface area contributed by atoms with E-state index in [4.69, 9.17) is 5.73 Å². The second kappa shape index (κ2) is 3.13. The Morgan fingerprint density at radius 3 is 3.00 bits per heavy atom. The monoisotopic (exact) mass is 134 g/mol. The van der Waals surface area contributed by atoms with Gasteiger partial charge in [0.1, 0.15) is 0 Å². The first-order chi connectivity index (χ1) is 4.86. The summed E-state index contributed by atoms with van der Waals surface area (Å²) in [6.07, 6.45) is 5.27. The average Bonchev–Trinajstić information content (AvgIpc) is 2.05. The summed E-state index contributed by atoms with van der Waals surface area (Å²) in [5, 5.41) is 0. The molecule has 1 heterocycles. The average molecular weight is 134 g/mol. The van der Waals surface area contributed by atoms with Gasteiger partial charge in [-0.15, -0.1) is 0 Å². The zero-order chi connectivity index (χ0) is 7.40. The molecule has 0 radical (unpaired) electrons. The minimum atomic E-state index is 0.536. The Morgan fingerprint density at radius 1 is 1.60 bits per heavy atom. The molecule has 10 heavy (non-hydrogen) atoms.